The maximum atomic E-state index is 12.8. The SMILES string of the molecule is CC[C@@H](C)Oc1c(/C=C2\NC(=O)N(Cc3ccc(C(=O)OC)o3)C2=O)cccc1OC. The highest BCUT2D eigenvalue weighted by Crippen LogP contribution is 2.34. The Labute approximate surface area is 179 Å². The number of nitrogens with zero attached hydrogens (tertiary/aromatic N) is 1. The Balaban J connectivity index is 1.85. The lowest BCUT2D eigenvalue weighted by Crippen LogP contribution is -2.30. The zero-order valence-corrected chi connectivity index (χ0v) is 17.8. The second-order valence-electron chi connectivity index (χ2n) is 6.85. The zero-order valence-electron chi connectivity index (χ0n) is 17.8. The van der Waals surface area contributed by atoms with Gasteiger partial charge >= 0.3 is 12.0 Å². The van der Waals surface area contributed by atoms with Gasteiger partial charge in [-0.05, 0) is 37.6 Å². The number of methoxy groups -OCH3 is 2. The first-order chi connectivity index (χ1) is 14.9. The highest BCUT2D eigenvalue weighted by Gasteiger charge is 2.34. The normalized spacial score (nSPS) is 15.7. The van der Waals surface area contributed by atoms with Crippen LogP contribution in [0.25, 0.3) is 6.08 Å². The summed E-state index contributed by atoms with van der Waals surface area (Å²) in [5, 5.41) is 2.56. The molecule has 1 aromatic carbocycles. The summed E-state index contributed by atoms with van der Waals surface area (Å²) >= 11 is 0. The first-order valence-electron chi connectivity index (χ1n) is 9.73. The van der Waals surface area contributed by atoms with Crippen molar-refractivity contribution in [3.63, 3.8) is 0 Å². The molecule has 2 aromatic rings. The third kappa shape index (κ3) is 4.71. The first-order valence-corrected chi connectivity index (χ1v) is 9.73. The van der Waals surface area contributed by atoms with E-state index in [1.165, 1.54) is 26.4 Å². The lowest BCUT2D eigenvalue weighted by Gasteiger charge is -2.17. The molecule has 0 aliphatic carbocycles. The average Bonchev–Trinajstić information content (AvgIpc) is 3.34. The second-order valence-corrected chi connectivity index (χ2v) is 6.85. The van der Waals surface area contributed by atoms with Crippen LogP contribution in [0.3, 0.4) is 0 Å². The van der Waals surface area contributed by atoms with Crippen LogP contribution in [-0.4, -0.2) is 43.1 Å². The number of benzene rings is 1. The largest absolute Gasteiger partial charge is 0.493 e. The van der Waals surface area contributed by atoms with Gasteiger partial charge in [0.2, 0.25) is 5.76 Å². The van der Waals surface area contributed by atoms with Crippen LogP contribution in [0.15, 0.2) is 40.4 Å². The minimum absolute atomic E-state index is 0.0106. The molecule has 0 bridgehead atoms. The molecule has 1 atom stereocenters. The van der Waals surface area contributed by atoms with Gasteiger partial charge in [0.25, 0.3) is 5.91 Å². The molecule has 1 aliphatic heterocycles. The lowest BCUT2D eigenvalue weighted by atomic mass is 10.1. The fourth-order valence-corrected chi connectivity index (χ4v) is 2.92. The standard InChI is InChI=1S/C22H24N2O7/c1-5-13(2)30-19-14(7-6-8-17(19)28-3)11-16-20(25)24(22(27)23-16)12-15-9-10-18(31-15)21(26)29-4/h6-11,13H,5,12H2,1-4H3,(H,23,27)/b16-11-/t13-/m1/s1. The van der Waals surface area contributed by atoms with E-state index in [0.717, 1.165) is 11.3 Å². The smallest absolute Gasteiger partial charge is 0.373 e. The molecule has 1 aromatic heterocycles. The number of ether oxygens (including phenoxy) is 3. The topological polar surface area (TPSA) is 107 Å². The van der Waals surface area contributed by atoms with Gasteiger partial charge in [0.15, 0.2) is 11.5 Å². The van der Waals surface area contributed by atoms with Crippen molar-refractivity contribution in [2.75, 3.05) is 14.2 Å². The number of hydrogen-bond acceptors (Lipinski definition) is 7. The highest BCUT2D eigenvalue weighted by atomic mass is 16.5. The molecular weight excluding hydrogens is 404 g/mol. The molecule has 3 rings (SSSR count). The van der Waals surface area contributed by atoms with E-state index in [0.29, 0.717) is 17.1 Å². The van der Waals surface area contributed by atoms with Crippen molar-refractivity contribution in [2.24, 2.45) is 0 Å². The van der Waals surface area contributed by atoms with Crippen molar-refractivity contribution in [2.45, 2.75) is 32.9 Å². The number of para-hydroxylation sites is 1. The average molecular weight is 428 g/mol. The Hall–Kier alpha value is -3.75. The Morgan fingerprint density at radius 1 is 1.23 bits per heavy atom. The molecule has 0 unspecified atom stereocenters. The van der Waals surface area contributed by atoms with Crippen LogP contribution in [0.2, 0.25) is 0 Å². The fraction of sp³-hybridized carbons (Fsp3) is 0.318. The molecule has 9 heteroatoms. The highest BCUT2D eigenvalue weighted by molar-refractivity contribution is 6.14. The molecule has 2 heterocycles. The van der Waals surface area contributed by atoms with Gasteiger partial charge in [-0.1, -0.05) is 19.1 Å². The van der Waals surface area contributed by atoms with Gasteiger partial charge in [0.05, 0.1) is 26.9 Å². The van der Waals surface area contributed by atoms with E-state index in [1.807, 2.05) is 13.8 Å². The van der Waals surface area contributed by atoms with E-state index in [-0.39, 0.29) is 29.9 Å². The molecule has 1 N–H and O–H groups in total. The fourth-order valence-electron chi connectivity index (χ4n) is 2.92. The van der Waals surface area contributed by atoms with E-state index in [9.17, 15) is 14.4 Å². The molecule has 31 heavy (non-hydrogen) atoms. The van der Waals surface area contributed by atoms with Gasteiger partial charge in [-0.15, -0.1) is 0 Å². The van der Waals surface area contributed by atoms with Crippen molar-refractivity contribution in [3.05, 3.63) is 53.1 Å². The zero-order chi connectivity index (χ0) is 22.5. The molecule has 1 fully saturated rings. The summed E-state index contributed by atoms with van der Waals surface area (Å²) < 4.78 is 21.3. The van der Waals surface area contributed by atoms with Crippen molar-refractivity contribution < 1.29 is 33.0 Å². The third-order valence-corrected chi connectivity index (χ3v) is 4.75. The molecule has 164 valence electrons. The summed E-state index contributed by atoms with van der Waals surface area (Å²) in [5.41, 5.74) is 0.683. The summed E-state index contributed by atoms with van der Waals surface area (Å²) in [6, 6.07) is 7.63. The molecule has 1 saturated heterocycles. The molecule has 0 radical (unpaired) electrons. The van der Waals surface area contributed by atoms with Crippen LogP contribution >= 0.6 is 0 Å². The summed E-state index contributed by atoms with van der Waals surface area (Å²) in [5.74, 6) is 0.0976. The summed E-state index contributed by atoms with van der Waals surface area (Å²) in [6.45, 7) is 3.80. The van der Waals surface area contributed by atoms with Crippen LogP contribution in [0.1, 0.15) is 42.1 Å². The molecule has 0 saturated carbocycles. The summed E-state index contributed by atoms with van der Waals surface area (Å²) in [4.78, 5) is 37.7. The molecule has 9 nitrogen and oxygen atoms in total. The Morgan fingerprint density at radius 2 is 2.00 bits per heavy atom. The van der Waals surface area contributed by atoms with E-state index in [1.54, 1.807) is 24.3 Å². The Kier molecular flexibility index (Phi) is 6.64. The number of furan rings is 1. The van der Waals surface area contributed by atoms with Crippen LogP contribution in [0.4, 0.5) is 4.79 Å². The van der Waals surface area contributed by atoms with E-state index in [2.05, 4.69) is 10.1 Å². The van der Waals surface area contributed by atoms with E-state index >= 15 is 0 Å². The van der Waals surface area contributed by atoms with Crippen LogP contribution < -0.4 is 14.8 Å². The number of hydrogen-bond donors (Lipinski definition) is 1. The van der Waals surface area contributed by atoms with Gasteiger partial charge in [0.1, 0.15) is 11.5 Å². The number of esters is 1. The maximum Gasteiger partial charge on any atom is 0.373 e. The Bertz CT molecular complexity index is 1020. The van der Waals surface area contributed by atoms with Gasteiger partial charge in [-0.25, -0.2) is 9.59 Å². The van der Waals surface area contributed by atoms with Crippen molar-refractivity contribution in [3.8, 4) is 11.5 Å². The van der Waals surface area contributed by atoms with Gasteiger partial charge in [0, 0.05) is 5.56 Å². The number of imide groups is 1. The quantitative estimate of drug-likeness (QED) is 0.390. The predicted molar refractivity (Wildman–Crippen MR) is 110 cm³/mol. The number of carbonyl (C=O) groups excluding carboxylic acids is 3. The summed E-state index contributed by atoms with van der Waals surface area (Å²) in [7, 11) is 2.77. The maximum absolute atomic E-state index is 12.8. The van der Waals surface area contributed by atoms with E-state index in [4.69, 9.17) is 13.9 Å². The van der Waals surface area contributed by atoms with Crippen LogP contribution in [-0.2, 0) is 16.1 Å². The second kappa shape index (κ2) is 9.38. The van der Waals surface area contributed by atoms with Crippen LogP contribution in [0.5, 0.6) is 11.5 Å². The van der Waals surface area contributed by atoms with Gasteiger partial charge < -0.3 is 23.9 Å². The van der Waals surface area contributed by atoms with Gasteiger partial charge in [-0.3, -0.25) is 9.69 Å². The number of rotatable bonds is 8. The van der Waals surface area contributed by atoms with Crippen LogP contribution in [0, 0.1) is 0 Å². The first kappa shape index (κ1) is 21.9. The number of amides is 3. The predicted octanol–water partition coefficient (Wildman–Crippen LogP) is 3.35. The van der Waals surface area contributed by atoms with Crippen molar-refractivity contribution in [1.82, 2.24) is 10.2 Å². The molecule has 3 amide bonds. The minimum Gasteiger partial charge on any atom is -0.493 e. The minimum atomic E-state index is -0.643. The van der Waals surface area contributed by atoms with Crippen molar-refractivity contribution in [1.29, 1.82) is 0 Å². The van der Waals surface area contributed by atoms with Crippen molar-refractivity contribution >= 4 is 24.0 Å². The Morgan fingerprint density at radius 3 is 2.68 bits per heavy atom. The van der Waals surface area contributed by atoms with Gasteiger partial charge in [-0.2, -0.15) is 0 Å². The number of urea groups is 1. The third-order valence-electron chi connectivity index (χ3n) is 4.75. The molecule has 1 aliphatic rings. The van der Waals surface area contributed by atoms with E-state index < -0.39 is 17.9 Å². The molecular formula is C22H24N2O7. The lowest BCUT2D eigenvalue weighted by molar-refractivity contribution is -0.123. The number of nitrogens with one attached hydrogen (secondary N) is 1. The monoisotopic (exact) mass is 428 g/mol. The summed E-state index contributed by atoms with van der Waals surface area (Å²) in [6.07, 6.45) is 2.26. The molecule has 0 spiro atoms. The number of carbonyl (C=O) groups is 3.